The number of phenolic OH excluding ortho intramolecular Hbond substituents is 1. The first kappa shape index (κ1) is 47.0. The minimum atomic E-state index is -0.0581. The van der Waals surface area contributed by atoms with E-state index in [-0.39, 0.29) is 37.6 Å². The molecule has 0 saturated carbocycles. The normalized spacial score (nSPS) is 11.7. The zero-order chi connectivity index (χ0) is 48.1. The minimum absolute atomic E-state index is 0. The van der Waals surface area contributed by atoms with Gasteiger partial charge in [0.05, 0.1) is 16.7 Å². The molecule has 11 aromatic rings. The smallest absolute Gasteiger partial charge is 0.124 e. The van der Waals surface area contributed by atoms with Crippen LogP contribution in [0.1, 0.15) is 52.7 Å². The van der Waals surface area contributed by atoms with Crippen molar-refractivity contribution in [2.24, 2.45) is 0 Å². The van der Waals surface area contributed by atoms with Gasteiger partial charge in [0, 0.05) is 66.2 Å². The molecular weight excluding hydrogens is 1050 g/mol. The van der Waals surface area contributed by atoms with Gasteiger partial charge < -0.3 is 9.67 Å². The molecular formula is C66H54N3OPt-. The maximum Gasteiger partial charge on any atom is 0.124 e. The number of aromatic hydroxyl groups is 1. The van der Waals surface area contributed by atoms with Crippen molar-refractivity contribution in [1.82, 2.24) is 14.5 Å². The number of pyridine rings is 2. The standard InChI is InChI=1S/C66H54N3O.Pt/c1-65(2,3)52-35-50(36-53(42-52)66(4,5)6)51-40-60(68-61(41-51)58-26-14-16-30-63(58)70)47-24-17-23-46(33-47)59-39-45(31-32-67-59)55-27-18-28-57-56-25-13-15-29-62(56)69(64(55)57)54-37-48(43-19-9-7-10-20-43)34-49(38-54)44-21-11-8-12-22-44;/h7-32,34-42,70H,1-6H3;/q-1;. The van der Waals surface area contributed by atoms with Crippen molar-refractivity contribution in [3.63, 3.8) is 0 Å². The van der Waals surface area contributed by atoms with E-state index in [4.69, 9.17) is 9.97 Å². The monoisotopic (exact) mass is 1100 g/mol. The van der Waals surface area contributed by atoms with Crippen LogP contribution in [-0.4, -0.2) is 19.6 Å². The SMILES string of the molecule is CC(C)(C)c1cc(-c2cc(-c3[c-]c(-c4cc(-c5cccc6c7ccccc7n(-c7cc(-c8ccccc8)cc(-c8ccccc8)c7)c56)ccn4)ccc3)nc(-c3ccccc3O)c2)cc(C(C)(C)C)c1.[Pt]. The van der Waals surface area contributed by atoms with Crippen molar-refractivity contribution in [3.05, 3.63) is 230 Å². The van der Waals surface area contributed by atoms with Crippen LogP contribution in [0.2, 0.25) is 0 Å². The molecule has 71 heavy (non-hydrogen) atoms. The van der Waals surface area contributed by atoms with Crippen molar-refractivity contribution in [2.75, 3.05) is 0 Å². The predicted molar refractivity (Wildman–Crippen MR) is 292 cm³/mol. The molecule has 0 saturated heterocycles. The van der Waals surface area contributed by atoms with E-state index in [1.807, 2.05) is 24.4 Å². The predicted octanol–water partition coefficient (Wildman–Crippen LogP) is 17.3. The van der Waals surface area contributed by atoms with Crippen LogP contribution in [0.3, 0.4) is 0 Å². The van der Waals surface area contributed by atoms with Crippen molar-refractivity contribution < 1.29 is 26.2 Å². The number of fused-ring (bicyclic) bond motifs is 3. The Balaban J connectivity index is 0.00000582. The summed E-state index contributed by atoms with van der Waals surface area (Å²) < 4.78 is 2.44. The van der Waals surface area contributed by atoms with E-state index >= 15 is 0 Å². The first-order valence-electron chi connectivity index (χ1n) is 24.1. The molecule has 3 aromatic heterocycles. The first-order chi connectivity index (χ1) is 33.9. The van der Waals surface area contributed by atoms with Crippen LogP contribution in [-0.2, 0) is 31.9 Å². The number of phenols is 1. The average Bonchev–Trinajstić information content (AvgIpc) is 3.73. The Morgan fingerprint density at radius 3 is 1.61 bits per heavy atom. The van der Waals surface area contributed by atoms with E-state index in [0.29, 0.717) is 11.3 Å². The van der Waals surface area contributed by atoms with Crippen LogP contribution >= 0.6 is 0 Å². The Morgan fingerprint density at radius 2 is 0.944 bits per heavy atom. The number of para-hydroxylation sites is 3. The summed E-state index contributed by atoms with van der Waals surface area (Å²) in [5.74, 6) is 0.185. The van der Waals surface area contributed by atoms with Gasteiger partial charge in [-0.3, -0.25) is 9.97 Å². The van der Waals surface area contributed by atoms with E-state index in [0.717, 1.165) is 72.6 Å². The van der Waals surface area contributed by atoms with Gasteiger partial charge in [0.15, 0.2) is 0 Å². The van der Waals surface area contributed by atoms with Crippen LogP contribution in [0, 0.1) is 6.07 Å². The molecule has 350 valence electrons. The summed E-state index contributed by atoms with van der Waals surface area (Å²) in [6, 6.07) is 76.5. The fraction of sp³-hybridized carbons (Fsp3) is 0.121. The van der Waals surface area contributed by atoms with Crippen LogP contribution in [0.25, 0.3) is 106 Å². The number of nitrogens with zero attached hydrogens (tertiary/aromatic N) is 3. The Morgan fingerprint density at radius 1 is 0.423 bits per heavy atom. The zero-order valence-electron chi connectivity index (χ0n) is 40.8. The van der Waals surface area contributed by atoms with Gasteiger partial charge in [-0.15, -0.1) is 24.3 Å². The summed E-state index contributed by atoms with van der Waals surface area (Å²) in [6.07, 6.45) is 1.91. The molecule has 3 heterocycles. The zero-order valence-corrected chi connectivity index (χ0v) is 43.1. The summed E-state index contributed by atoms with van der Waals surface area (Å²) in [5.41, 5.74) is 19.3. The topological polar surface area (TPSA) is 50.9 Å². The largest absolute Gasteiger partial charge is 0.507 e. The minimum Gasteiger partial charge on any atom is -0.507 e. The van der Waals surface area contributed by atoms with Crippen LogP contribution < -0.4 is 0 Å². The number of aromatic nitrogens is 3. The second-order valence-corrected chi connectivity index (χ2v) is 20.4. The van der Waals surface area contributed by atoms with E-state index in [1.54, 1.807) is 6.07 Å². The summed E-state index contributed by atoms with van der Waals surface area (Å²) in [5, 5.41) is 13.5. The summed E-state index contributed by atoms with van der Waals surface area (Å²) in [7, 11) is 0. The summed E-state index contributed by atoms with van der Waals surface area (Å²) >= 11 is 0. The van der Waals surface area contributed by atoms with Crippen LogP contribution in [0.4, 0.5) is 0 Å². The average molecular weight is 1100 g/mol. The van der Waals surface area contributed by atoms with E-state index in [1.165, 1.54) is 33.0 Å². The van der Waals surface area contributed by atoms with E-state index < -0.39 is 0 Å². The molecule has 0 aliphatic heterocycles. The Hall–Kier alpha value is -7.65. The van der Waals surface area contributed by atoms with Gasteiger partial charge in [0.2, 0.25) is 0 Å². The number of hydrogen-bond acceptors (Lipinski definition) is 3. The van der Waals surface area contributed by atoms with Crippen LogP contribution in [0.5, 0.6) is 5.75 Å². The molecule has 0 aliphatic carbocycles. The number of hydrogen-bond donors (Lipinski definition) is 1. The quantitative estimate of drug-likeness (QED) is 0.154. The molecule has 4 nitrogen and oxygen atoms in total. The summed E-state index contributed by atoms with van der Waals surface area (Å²) in [4.78, 5) is 10.2. The van der Waals surface area contributed by atoms with Gasteiger partial charge in [-0.25, -0.2) is 0 Å². The molecule has 0 aliphatic rings. The fourth-order valence-electron chi connectivity index (χ4n) is 9.69. The van der Waals surface area contributed by atoms with Crippen molar-refractivity contribution in [3.8, 4) is 89.7 Å². The Bertz CT molecular complexity index is 3660. The fourth-order valence-corrected chi connectivity index (χ4v) is 9.69. The third-order valence-electron chi connectivity index (χ3n) is 13.5. The molecule has 8 aromatic carbocycles. The molecule has 0 bridgehead atoms. The maximum atomic E-state index is 11.2. The molecule has 0 unspecified atom stereocenters. The molecule has 5 heteroatoms. The van der Waals surface area contributed by atoms with E-state index in [2.05, 4.69) is 234 Å². The second-order valence-electron chi connectivity index (χ2n) is 20.4. The number of benzene rings is 8. The molecule has 0 atom stereocenters. The Labute approximate surface area is 431 Å². The third-order valence-corrected chi connectivity index (χ3v) is 13.5. The maximum absolute atomic E-state index is 11.2. The van der Waals surface area contributed by atoms with Gasteiger partial charge in [0.1, 0.15) is 5.75 Å². The van der Waals surface area contributed by atoms with Gasteiger partial charge in [-0.05, 0) is 109 Å². The summed E-state index contributed by atoms with van der Waals surface area (Å²) in [6.45, 7) is 13.6. The van der Waals surface area contributed by atoms with E-state index in [9.17, 15) is 5.11 Å². The molecule has 1 N–H and O–H groups in total. The van der Waals surface area contributed by atoms with Crippen molar-refractivity contribution >= 4 is 21.8 Å². The molecule has 11 rings (SSSR count). The molecule has 0 amide bonds. The van der Waals surface area contributed by atoms with Gasteiger partial charge >= 0.3 is 0 Å². The Kier molecular flexibility index (Phi) is 12.5. The third kappa shape index (κ3) is 9.29. The molecule has 0 fully saturated rings. The molecule has 0 radical (unpaired) electrons. The van der Waals surface area contributed by atoms with Crippen molar-refractivity contribution in [2.45, 2.75) is 52.4 Å². The van der Waals surface area contributed by atoms with Gasteiger partial charge in [0.25, 0.3) is 0 Å². The van der Waals surface area contributed by atoms with Crippen LogP contribution in [0.15, 0.2) is 212 Å². The van der Waals surface area contributed by atoms with Crippen molar-refractivity contribution in [1.29, 1.82) is 0 Å². The molecule has 0 spiro atoms. The number of rotatable bonds is 8. The first-order valence-corrected chi connectivity index (χ1v) is 24.1. The van der Waals surface area contributed by atoms with Gasteiger partial charge in [-0.2, -0.15) is 0 Å². The second kappa shape index (κ2) is 18.9. The van der Waals surface area contributed by atoms with Gasteiger partial charge in [-0.1, -0.05) is 192 Å².